The minimum Gasteiger partial charge on any atom is -0.478 e. The van der Waals surface area contributed by atoms with Gasteiger partial charge in [0.15, 0.2) is 17.7 Å². The van der Waals surface area contributed by atoms with Crippen LogP contribution in [0.3, 0.4) is 0 Å². The van der Waals surface area contributed by atoms with Gasteiger partial charge in [0.2, 0.25) is 0 Å². The zero-order chi connectivity index (χ0) is 13.8. The average Bonchev–Trinajstić information content (AvgIpc) is 2.30. The van der Waals surface area contributed by atoms with Crippen LogP contribution >= 0.6 is 11.6 Å². The lowest BCUT2D eigenvalue weighted by Crippen LogP contribution is -2.40. The number of hydrogen-bond donors (Lipinski definition) is 1. The predicted molar refractivity (Wildman–Crippen MR) is 68.4 cm³/mol. The Morgan fingerprint density at radius 2 is 2.26 bits per heavy atom. The quantitative estimate of drug-likeness (QED) is 0.847. The normalized spacial score (nSPS) is 16.6. The van der Waals surface area contributed by atoms with Crippen LogP contribution in [0.2, 0.25) is 5.02 Å². The van der Waals surface area contributed by atoms with Crippen LogP contribution < -0.4 is 10.2 Å². The molecule has 1 atom stereocenters. The van der Waals surface area contributed by atoms with E-state index in [1.165, 1.54) is 19.1 Å². The number of hydroxylamine groups is 1. The number of carbonyl (C=O) groups excluding carboxylic acids is 1. The molecule has 0 saturated heterocycles. The van der Waals surface area contributed by atoms with Gasteiger partial charge in [0.1, 0.15) is 0 Å². The van der Waals surface area contributed by atoms with E-state index in [0.717, 1.165) is 25.3 Å². The largest absolute Gasteiger partial charge is 0.478 e. The van der Waals surface area contributed by atoms with Gasteiger partial charge in [-0.25, -0.2) is 9.87 Å². The molecule has 0 aliphatic heterocycles. The standard InChI is InChI=1S/C13H15ClFNO3/c1-8(13(17)16-19-10-3-2-4-10)18-12-6-5-9(14)7-11(12)15/h5-8,10H,2-4H2,1H3,(H,16,17)/t8-/m0/s1. The number of halogens is 2. The third-order valence-corrected chi connectivity index (χ3v) is 3.18. The fraction of sp³-hybridized carbons (Fsp3) is 0.462. The number of carbonyl (C=O) groups is 1. The first-order chi connectivity index (χ1) is 9.06. The van der Waals surface area contributed by atoms with Gasteiger partial charge >= 0.3 is 0 Å². The summed E-state index contributed by atoms with van der Waals surface area (Å²) >= 11 is 5.63. The molecule has 0 heterocycles. The molecule has 1 N–H and O–H groups in total. The zero-order valence-corrected chi connectivity index (χ0v) is 11.2. The number of rotatable bonds is 5. The van der Waals surface area contributed by atoms with Crippen LogP contribution in [-0.4, -0.2) is 18.1 Å². The summed E-state index contributed by atoms with van der Waals surface area (Å²) in [5.74, 6) is -1.07. The van der Waals surface area contributed by atoms with Crippen LogP contribution in [0.4, 0.5) is 4.39 Å². The fourth-order valence-corrected chi connectivity index (χ4v) is 1.69. The van der Waals surface area contributed by atoms with Crippen LogP contribution in [0, 0.1) is 5.82 Å². The van der Waals surface area contributed by atoms with Gasteiger partial charge in [-0.05, 0) is 44.4 Å². The Bertz CT molecular complexity index is 465. The van der Waals surface area contributed by atoms with Crippen molar-refractivity contribution in [1.82, 2.24) is 5.48 Å². The number of hydrogen-bond acceptors (Lipinski definition) is 3. The van der Waals surface area contributed by atoms with Gasteiger partial charge in [-0.3, -0.25) is 9.63 Å². The van der Waals surface area contributed by atoms with Crippen molar-refractivity contribution in [2.75, 3.05) is 0 Å². The summed E-state index contributed by atoms with van der Waals surface area (Å²) in [7, 11) is 0. The SMILES string of the molecule is C[C@H](Oc1ccc(Cl)cc1F)C(=O)NOC1CCC1. The van der Waals surface area contributed by atoms with Crippen molar-refractivity contribution in [3.63, 3.8) is 0 Å². The zero-order valence-electron chi connectivity index (χ0n) is 10.5. The molecule has 0 unspecified atom stereocenters. The lowest BCUT2D eigenvalue weighted by Gasteiger charge is -2.25. The Labute approximate surface area is 115 Å². The second-order valence-corrected chi connectivity index (χ2v) is 4.91. The third kappa shape index (κ3) is 3.81. The van der Waals surface area contributed by atoms with Crippen molar-refractivity contribution in [3.05, 3.63) is 29.0 Å². The van der Waals surface area contributed by atoms with Gasteiger partial charge in [0.05, 0.1) is 6.10 Å². The third-order valence-electron chi connectivity index (χ3n) is 2.95. The van der Waals surface area contributed by atoms with Crippen molar-refractivity contribution in [2.24, 2.45) is 0 Å². The van der Waals surface area contributed by atoms with E-state index in [1.807, 2.05) is 0 Å². The molecule has 1 fully saturated rings. The predicted octanol–water partition coefficient (Wildman–Crippen LogP) is 2.85. The molecule has 104 valence electrons. The molecule has 0 bridgehead atoms. The first-order valence-corrected chi connectivity index (χ1v) is 6.51. The first kappa shape index (κ1) is 14.1. The Balaban J connectivity index is 1.84. The minimum atomic E-state index is -0.851. The van der Waals surface area contributed by atoms with Crippen molar-refractivity contribution in [2.45, 2.75) is 38.4 Å². The highest BCUT2D eigenvalue weighted by atomic mass is 35.5. The highest BCUT2D eigenvalue weighted by Crippen LogP contribution is 2.23. The Morgan fingerprint density at radius 3 is 2.84 bits per heavy atom. The van der Waals surface area contributed by atoms with Crippen LogP contribution in [0.25, 0.3) is 0 Å². The van der Waals surface area contributed by atoms with E-state index >= 15 is 0 Å². The molecule has 19 heavy (non-hydrogen) atoms. The van der Waals surface area contributed by atoms with E-state index in [9.17, 15) is 9.18 Å². The Morgan fingerprint density at radius 1 is 1.53 bits per heavy atom. The monoisotopic (exact) mass is 287 g/mol. The maximum atomic E-state index is 13.5. The summed E-state index contributed by atoms with van der Waals surface area (Å²) in [4.78, 5) is 16.8. The van der Waals surface area contributed by atoms with E-state index in [-0.39, 0.29) is 16.9 Å². The van der Waals surface area contributed by atoms with Gasteiger partial charge < -0.3 is 4.74 Å². The van der Waals surface area contributed by atoms with Crippen LogP contribution in [-0.2, 0) is 9.63 Å². The number of nitrogens with one attached hydrogen (secondary N) is 1. The Kier molecular flexibility index (Phi) is 4.61. The summed E-state index contributed by atoms with van der Waals surface area (Å²) in [5.41, 5.74) is 2.32. The highest BCUT2D eigenvalue weighted by molar-refractivity contribution is 6.30. The molecule has 6 heteroatoms. The molecule has 4 nitrogen and oxygen atoms in total. The maximum absolute atomic E-state index is 13.5. The van der Waals surface area contributed by atoms with E-state index in [4.69, 9.17) is 21.2 Å². The summed E-state index contributed by atoms with van der Waals surface area (Å²) in [6, 6.07) is 4.01. The smallest absolute Gasteiger partial charge is 0.284 e. The number of ether oxygens (including phenoxy) is 1. The second-order valence-electron chi connectivity index (χ2n) is 4.47. The van der Waals surface area contributed by atoms with Crippen LogP contribution in [0.15, 0.2) is 18.2 Å². The molecule has 1 saturated carbocycles. The minimum absolute atomic E-state index is 0.0179. The summed E-state index contributed by atoms with van der Waals surface area (Å²) in [5, 5.41) is 0.273. The molecule has 1 aromatic carbocycles. The van der Waals surface area contributed by atoms with Crippen molar-refractivity contribution < 1.29 is 18.8 Å². The van der Waals surface area contributed by atoms with E-state index in [2.05, 4.69) is 5.48 Å². The van der Waals surface area contributed by atoms with Crippen molar-refractivity contribution in [1.29, 1.82) is 0 Å². The van der Waals surface area contributed by atoms with Crippen molar-refractivity contribution in [3.8, 4) is 5.75 Å². The lowest BCUT2D eigenvalue weighted by atomic mass is 9.97. The molecular formula is C13H15ClFNO3. The molecule has 0 spiro atoms. The Hall–Kier alpha value is -1.33. The lowest BCUT2D eigenvalue weighted by molar-refractivity contribution is -0.149. The number of amides is 1. The molecule has 1 aromatic rings. The van der Waals surface area contributed by atoms with Gasteiger partial charge in [-0.1, -0.05) is 11.6 Å². The molecular weight excluding hydrogens is 273 g/mol. The number of benzene rings is 1. The summed E-state index contributed by atoms with van der Waals surface area (Å²) in [6.07, 6.45) is 2.24. The van der Waals surface area contributed by atoms with Gasteiger partial charge in [0, 0.05) is 5.02 Å². The van der Waals surface area contributed by atoms with Crippen LogP contribution in [0.5, 0.6) is 5.75 Å². The van der Waals surface area contributed by atoms with E-state index < -0.39 is 17.8 Å². The average molecular weight is 288 g/mol. The molecule has 2 rings (SSSR count). The maximum Gasteiger partial charge on any atom is 0.284 e. The van der Waals surface area contributed by atoms with E-state index in [1.54, 1.807) is 0 Å². The molecule has 1 aliphatic carbocycles. The highest BCUT2D eigenvalue weighted by Gasteiger charge is 2.22. The molecule has 0 aromatic heterocycles. The van der Waals surface area contributed by atoms with Crippen LogP contribution in [0.1, 0.15) is 26.2 Å². The van der Waals surface area contributed by atoms with Crippen molar-refractivity contribution >= 4 is 17.5 Å². The second kappa shape index (κ2) is 6.21. The molecule has 0 radical (unpaired) electrons. The first-order valence-electron chi connectivity index (χ1n) is 6.13. The molecule has 1 aliphatic rings. The molecule has 1 amide bonds. The summed E-state index contributed by atoms with van der Waals surface area (Å²) in [6.45, 7) is 1.52. The fourth-order valence-electron chi connectivity index (χ4n) is 1.53. The van der Waals surface area contributed by atoms with E-state index in [0.29, 0.717) is 0 Å². The van der Waals surface area contributed by atoms with Gasteiger partial charge in [0.25, 0.3) is 5.91 Å². The topological polar surface area (TPSA) is 47.6 Å². The van der Waals surface area contributed by atoms with Gasteiger partial charge in [-0.2, -0.15) is 0 Å². The van der Waals surface area contributed by atoms with Gasteiger partial charge in [-0.15, -0.1) is 0 Å². The summed E-state index contributed by atoms with van der Waals surface area (Å²) < 4.78 is 18.7.